The molecule has 2 nitrogen and oxygen atoms in total. The summed E-state index contributed by atoms with van der Waals surface area (Å²) in [6, 6.07) is 0. The Hall–Kier alpha value is -0.530. The molecule has 0 aromatic heterocycles. The summed E-state index contributed by atoms with van der Waals surface area (Å²) in [5.41, 5.74) is 0. The minimum Gasteiger partial charge on any atom is -0.466 e. The molecule has 13 heavy (non-hydrogen) atoms. The Morgan fingerprint density at radius 3 is 2.62 bits per heavy atom. The van der Waals surface area contributed by atoms with Crippen LogP contribution in [0, 0.1) is 5.92 Å². The average molecular weight is 184 g/mol. The van der Waals surface area contributed by atoms with Gasteiger partial charge in [-0.3, -0.25) is 4.79 Å². The van der Waals surface area contributed by atoms with Gasteiger partial charge in [0, 0.05) is 6.92 Å². The number of rotatable bonds is 5. The fourth-order valence-electron chi connectivity index (χ4n) is 2.05. The average Bonchev–Trinajstić information content (AvgIpc) is 2.55. The van der Waals surface area contributed by atoms with Crippen molar-refractivity contribution in [2.24, 2.45) is 5.92 Å². The standard InChI is InChI=1S/C11H20O2/c1-10(12)13-9-5-4-8-11-6-2-3-7-11/h11H,2-9H2,1H3. The molecule has 1 rings (SSSR count). The number of unbranched alkanes of at least 4 members (excludes halogenated alkanes) is 1. The lowest BCUT2D eigenvalue weighted by Crippen LogP contribution is -2.01. The Bertz CT molecular complexity index is 148. The van der Waals surface area contributed by atoms with E-state index >= 15 is 0 Å². The van der Waals surface area contributed by atoms with E-state index in [1.807, 2.05) is 0 Å². The van der Waals surface area contributed by atoms with Gasteiger partial charge < -0.3 is 4.74 Å². The van der Waals surface area contributed by atoms with Gasteiger partial charge in [0.25, 0.3) is 0 Å². The van der Waals surface area contributed by atoms with Gasteiger partial charge in [-0.25, -0.2) is 0 Å². The van der Waals surface area contributed by atoms with Crippen LogP contribution in [-0.4, -0.2) is 12.6 Å². The molecule has 1 saturated carbocycles. The summed E-state index contributed by atoms with van der Waals surface area (Å²) >= 11 is 0. The van der Waals surface area contributed by atoms with E-state index in [1.165, 1.54) is 45.4 Å². The number of hydrogen-bond donors (Lipinski definition) is 0. The Morgan fingerprint density at radius 1 is 1.31 bits per heavy atom. The summed E-state index contributed by atoms with van der Waals surface area (Å²) in [6.45, 7) is 2.08. The van der Waals surface area contributed by atoms with Crippen LogP contribution in [0.15, 0.2) is 0 Å². The molecule has 0 aliphatic heterocycles. The van der Waals surface area contributed by atoms with Crippen LogP contribution >= 0.6 is 0 Å². The van der Waals surface area contributed by atoms with Crippen molar-refractivity contribution in [1.82, 2.24) is 0 Å². The lowest BCUT2D eigenvalue weighted by molar-refractivity contribution is -0.141. The molecular weight excluding hydrogens is 164 g/mol. The van der Waals surface area contributed by atoms with Gasteiger partial charge in [0.15, 0.2) is 0 Å². The maximum Gasteiger partial charge on any atom is 0.302 e. The summed E-state index contributed by atoms with van der Waals surface area (Å²) in [4.78, 5) is 10.4. The maximum absolute atomic E-state index is 10.4. The van der Waals surface area contributed by atoms with Crippen LogP contribution in [0.4, 0.5) is 0 Å². The Morgan fingerprint density at radius 2 is 2.00 bits per heavy atom. The van der Waals surface area contributed by atoms with Crippen molar-refractivity contribution in [1.29, 1.82) is 0 Å². The Labute approximate surface area is 80.7 Å². The lowest BCUT2D eigenvalue weighted by atomic mass is 10.0. The monoisotopic (exact) mass is 184 g/mol. The zero-order valence-electron chi connectivity index (χ0n) is 8.55. The third-order valence-electron chi connectivity index (χ3n) is 2.79. The fourth-order valence-corrected chi connectivity index (χ4v) is 2.05. The predicted octanol–water partition coefficient (Wildman–Crippen LogP) is 2.91. The van der Waals surface area contributed by atoms with Crippen molar-refractivity contribution in [2.75, 3.05) is 6.61 Å². The van der Waals surface area contributed by atoms with E-state index in [0.717, 1.165) is 12.3 Å². The first kappa shape index (κ1) is 10.6. The predicted molar refractivity (Wildman–Crippen MR) is 52.4 cm³/mol. The Balaban J connectivity index is 1.86. The highest BCUT2D eigenvalue weighted by atomic mass is 16.5. The van der Waals surface area contributed by atoms with Crippen LogP contribution < -0.4 is 0 Å². The first-order valence-electron chi connectivity index (χ1n) is 5.42. The largest absolute Gasteiger partial charge is 0.466 e. The minimum atomic E-state index is -0.152. The third-order valence-corrected chi connectivity index (χ3v) is 2.79. The molecule has 0 atom stereocenters. The molecule has 1 aliphatic carbocycles. The van der Waals surface area contributed by atoms with Crippen LogP contribution in [0.3, 0.4) is 0 Å². The van der Waals surface area contributed by atoms with Crippen molar-refractivity contribution < 1.29 is 9.53 Å². The normalized spacial score (nSPS) is 17.6. The SMILES string of the molecule is CC(=O)OCCCCC1CCCC1. The van der Waals surface area contributed by atoms with E-state index in [9.17, 15) is 4.79 Å². The van der Waals surface area contributed by atoms with Crippen LogP contribution in [0.25, 0.3) is 0 Å². The van der Waals surface area contributed by atoms with Gasteiger partial charge in [-0.1, -0.05) is 32.1 Å². The molecule has 2 heteroatoms. The van der Waals surface area contributed by atoms with Crippen molar-refractivity contribution in [3.63, 3.8) is 0 Å². The molecule has 0 heterocycles. The molecule has 0 aromatic carbocycles. The second-order valence-electron chi connectivity index (χ2n) is 3.99. The number of carbonyl (C=O) groups is 1. The summed E-state index contributed by atoms with van der Waals surface area (Å²) in [7, 11) is 0. The minimum absolute atomic E-state index is 0.152. The highest BCUT2D eigenvalue weighted by Crippen LogP contribution is 2.28. The van der Waals surface area contributed by atoms with E-state index in [2.05, 4.69) is 0 Å². The summed E-state index contributed by atoms with van der Waals surface area (Å²) in [6.07, 6.45) is 9.29. The van der Waals surface area contributed by atoms with E-state index in [4.69, 9.17) is 4.74 Å². The molecule has 1 aliphatic rings. The quantitative estimate of drug-likeness (QED) is 0.485. The summed E-state index contributed by atoms with van der Waals surface area (Å²) < 4.78 is 4.87. The molecule has 76 valence electrons. The molecule has 0 amide bonds. The van der Waals surface area contributed by atoms with Gasteiger partial charge >= 0.3 is 5.97 Å². The highest BCUT2D eigenvalue weighted by Gasteiger charge is 2.13. The van der Waals surface area contributed by atoms with E-state index in [-0.39, 0.29) is 5.97 Å². The topological polar surface area (TPSA) is 26.3 Å². The number of esters is 1. The number of carbonyl (C=O) groups excluding carboxylic acids is 1. The zero-order chi connectivity index (χ0) is 9.52. The van der Waals surface area contributed by atoms with Crippen LogP contribution in [-0.2, 0) is 9.53 Å². The molecule has 1 fully saturated rings. The van der Waals surface area contributed by atoms with Gasteiger partial charge in [0.2, 0.25) is 0 Å². The van der Waals surface area contributed by atoms with Gasteiger partial charge in [0.1, 0.15) is 0 Å². The maximum atomic E-state index is 10.4. The van der Waals surface area contributed by atoms with Crippen molar-refractivity contribution in [3.8, 4) is 0 Å². The molecule has 0 aromatic rings. The van der Waals surface area contributed by atoms with Gasteiger partial charge in [-0.2, -0.15) is 0 Å². The highest BCUT2D eigenvalue weighted by molar-refractivity contribution is 5.65. The summed E-state index contributed by atoms with van der Waals surface area (Å²) in [5, 5.41) is 0. The number of hydrogen-bond acceptors (Lipinski definition) is 2. The van der Waals surface area contributed by atoms with Gasteiger partial charge in [-0.05, 0) is 18.8 Å². The van der Waals surface area contributed by atoms with Crippen LogP contribution in [0.1, 0.15) is 51.9 Å². The van der Waals surface area contributed by atoms with Gasteiger partial charge in [-0.15, -0.1) is 0 Å². The molecular formula is C11H20O2. The number of ether oxygens (including phenoxy) is 1. The molecule has 0 unspecified atom stereocenters. The van der Waals surface area contributed by atoms with E-state index in [1.54, 1.807) is 0 Å². The van der Waals surface area contributed by atoms with E-state index < -0.39 is 0 Å². The smallest absolute Gasteiger partial charge is 0.302 e. The summed E-state index contributed by atoms with van der Waals surface area (Å²) in [5.74, 6) is 0.818. The Kier molecular flexibility index (Phi) is 4.87. The van der Waals surface area contributed by atoms with Crippen molar-refractivity contribution in [3.05, 3.63) is 0 Å². The van der Waals surface area contributed by atoms with Crippen molar-refractivity contribution in [2.45, 2.75) is 51.9 Å². The van der Waals surface area contributed by atoms with Crippen LogP contribution in [0.2, 0.25) is 0 Å². The first-order chi connectivity index (χ1) is 6.29. The second kappa shape index (κ2) is 6.01. The third kappa shape index (κ3) is 4.91. The first-order valence-corrected chi connectivity index (χ1v) is 5.42. The lowest BCUT2D eigenvalue weighted by Gasteiger charge is -2.07. The molecule has 0 N–H and O–H groups in total. The molecule has 0 saturated heterocycles. The van der Waals surface area contributed by atoms with Crippen molar-refractivity contribution >= 4 is 5.97 Å². The van der Waals surface area contributed by atoms with Crippen LogP contribution in [0.5, 0.6) is 0 Å². The second-order valence-corrected chi connectivity index (χ2v) is 3.99. The fraction of sp³-hybridized carbons (Fsp3) is 0.909. The molecule has 0 spiro atoms. The van der Waals surface area contributed by atoms with Gasteiger partial charge in [0.05, 0.1) is 6.61 Å². The molecule has 0 bridgehead atoms. The van der Waals surface area contributed by atoms with E-state index in [0.29, 0.717) is 6.61 Å². The molecule has 0 radical (unpaired) electrons. The zero-order valence-corrected chi connectivity index (χ0v) is 8.55.